The first-order valence-corrected chi connectivity index (χ1v) is 7.65. The SMILES string of the molecule is CCC(C)(N)C(=O)NC(C)c1ccc2c(c1)CCCC2. The number of hydrogen-bond acceptors (Lipinski definition) is 2. The molecule has 1 amide bonds. The number of carbonyl (C=O) groups is 1. The van der Waals surface area contributed by atoms with Crippen LogP contribution in [-0.2, 0) is 17.6 Å². The average Bonchev–Trinajstić information content (AvgIpc) is 2.46. The number of fused-ring (bicyclic) bond motifs is 1. The molecule has 3 N–H and O–H groups in total. The number of rotatable bonds is 4. The van der Waals surface area contributed by atoms with Crippen LogP contribution in [0.15, 0.2) is 18.2 Å². The van der Waals surface area contributed by atoms with Crippen molar-refractivity contribution in [3.8, 4) is 0 Å². The predicted octanol–water partition coefficient (Wildman–Crippen LogP) is 2.87. The molecule has 1 aliphatic rings. The second-order valence-corrected chi connectivity index (χ2v) is 6.20. The van der Waals surface area contributed by atoms with Crippen LogP contribution >= 0.6 is 0 Å². The first kappa shape index (κ1) is 15.0. The number of hydrogen-bond donors (Lipinski definition) is 2. The van der Waals surface area contributed by atoms with Gasteiger partial charge in [0.15, 0.2) is 0 Å². The Labute approximate surface area is 121 Å². The third kappa shape index (κ3) is 3.21. The summed E-state index contributed by atoms with van der Waals surface area (Å²) in [7, 11) is 0. The molecule has 0 heterocycles. The molecule has 0 bridgehead atoms. The predicted molar refractivity (Wildman–Crippen MR) is 82.5 cm³/mol. The van der Waals surface area contributed by atoms with Gasteiger partial charge < -0.3 is 11.1 Å². The minimum atomic E-state index is -0.789. The molecule has 0 aliphatic heterocycles. The summed E-state index contributed by atoms with van der Waals surface area (Å²) in [6.45, 7) is 5.74. The molecule has 0 saturated heterocycles. The van der Waals surface area contributed by atoms with E-state index in [0.29, 0.717) is 6.42 Å². The molecule has 1 aliphatic carbocycles. The van der Waals surface area contributed by atoms with E-state index in [1.807, 2.05) is 13.8 Å². The molecule has 2 rings (SSSR count). The van der Waals surface area contributed by atoms with Crippen LogP contribution in [0, 0.1) is 0 Å². The van der Waals surface area contributed by atoms with E-state index in [1.165, 1.54) is 36.0 Å². The lowest BCUT2D eigenvalue weighted by atomic mass is 9.89. The van der Waals surface area contributed by atoms with Crippen molar-refractivity contribution in [1.82, 2.24) is 5.32 Å². The standard InChI is InChI=1S/C17H26N2O/c1-4-17(3,18)16(20)19-12(2)14-10-9-13-7-5-6-8-15(13)11-14/h9-12H,4-8,18H2,1-3H3,(H,19,20). The van der Waals surface area contributed by atoms with E-state index in [2.05, 4.69) is 23.5 Å². The quantitative estimate of drug-likeness (QED) is 0.887. The molecule has 110 valence electrons. The van der Waals surface area contributed by atoms with E-state index in [0.717, 1.165) is 6.42 Å². The zero-order valence-electron chi connectivity index (χ0n) is 12.8. The van der Waals surface area contributed by atoms with Gasteiger partial charge in [-0.25, -0.2) is 0 Å². The van der Waals surface area contributed by atoms with Crippen LogP contribution in [0.25, 0.3) is 0 Å². The molecule has 3 heteroatoms. The Hall–Kier alpha value is -1.35. The van der Waals surface area contributed by atoms with Crippen molar-refractivity contribution < 1.29 is 4.79 Å². The molecule has 0 fully saturated rings. The van der Waals surface area contributed by atoms with Crippen LogP contribution in [0.2, 0.25) is 0 Å². The molecule has 1 aromatic carbocycles. The van der Waals surface area contributed by atoms with Gasteiger partial charge in [-0.1, -0.05) is 25.1 Å². The van der Waals surface area contributed by atoms with E-state index in [4.69, 9.17) is 5.73 Å². The topological polar surface area (TPSA) is 55.1 Å². The van der Waals surface area contributed by atoms with E-state index < -0.39 is 5.54 Å². The highest BCUT2D eigenvalue weighted by atomic mass is 16.2. The number of aryl methyl sites for hydroxylation is 2. The molecule has 2 atom stereocenters. The largest absolute Gasteiger partial charge is 0.348 e. The molecule has 3 nitrogen and oxygen atoms in total. The summed E-state index contributed by atoms with van der Waals surface area (Å²) in [4.78, 5) is 12.1. The van der Waals surface area contributed by atoms with Crippen LogP contribution in [-0.4, -0.2) is 11.4 Å². The monoisotopic (exact) mass is 274 g/mol. The summed E-state index contributed by atoms with van der Waals surface area (Å²) in [6.07, 6.45) is 5.55. The number of benzene rings is 1. The Kier molecular flexibility index (Phi) is 4.48. The Morgan fingerprint density at radius 3 is 2.65 bits per heavy atom. The molecular formula is C17H26N2O. The number of amides is 1. The maximum Gasteiger partial charge on any atom is 0.240 e. The Morgan fingerprint density at radius 2 is 2.00 bits per heavy atom. The first-order valence-electron chi connectivity index (χ1n) is 7.65. The minimum Gasteiger partial charge on any atom is -0.348 e. The van der Waals surface area contributed by atoms with Gasteiger partial charge in [-0.05, 0) is 62.6 Å². The summed E-state index contributed by atoms with van der Waals surface area (Å²) < 4.78 is 0. The van der Waals surface area contributed by atoms with E-state index in [-0.39, 0.29) is 11.9 Å². The van der Waals surface area contributed by atoms with Gasteiger partial charge in [0, 0.05) is 0 Å². The van der Waals surface area contributed by atoms with Crippen molar-refractivity contribution in [2.45, 2.75) is 64.5 Å². The zero-order valence-corrected chi connectivity index (χ0v) is 12.8. The van der Waals surface area contributed by atoms with Gasteiger partial charge in [0.1, 0.15) is 0 Å². The fourth-order valence-electron chi connectivity index (χ4n) is 2.63. The van der Waals surface area contributed by atoms with Crippen molar-refractivity contribution in [2.75, 3.05) is 0 Å². The van der Waals surface area contributed by atoms with Gasteiger partial charge in [0.25, 0.3) is 0 Å². The first-order chi connectivity index (χ1) is 9.44. The summed E-state index contributed by atoms with van der Waals surface area (Å²) in [5, 5.41) is 3.03. The van der Waals surface area contributed by atoms with Gasteiger partial charge in [-0.15, -0.1) is 0 Å². The smallest absolute Gasteiger partial charge is 0.240 e. The number of carbonyl (C=O) groups excluding carboxylic acids is 1. The minimum absolute atomic E-state index is 0.00384. The molecule has 0 spiro atoms. The zero-order chi connectivity index (χ0) is 14.8. The Bertz CT molecular complexity index is 494. The number of nitrogens with two attached hydrogens (primary N) is 1. The lowest BCUT2D eigenvalue weighted by Crippen LogP contribution is -2.51. The highest BCUT2D eigenvalue weighted by Gasteiger charge is 2.27. The molecule has 0 saturated carbocycles. The van der Waals surface area contributed by atoms with Crippen molar-refractivity contribution in [2.24, 2.45) is 5.73 Å². The second kappa shape index (κ2) is 5.96. The highest BCUT2D eigenvalue weighted by Crippen LogP contribution is 2.25. The molecule has 2 unspecified atom stereocenters. The van der Waals surface area contributed by atoms with E-state index in [9.17, 15) is 4.79 Å². The van der Waals surface area contributed by atoms with E-state index >= 15 is 0 Å². The molecule has 20 heavy (non-hydrogen) atoms. The maximum atomic E-state index is 12.1. The second-order valence-electron chi connectivity index (χ2n) is 6.20. The Morgan fingerprint density at radius 1 is 1.35 bits per heavy atom. The van der Waals surface area contributed by atoms with Crippen LogP contribution < -0.4 is 11.1 Å². The van der Waals surface area contributed by atoms with Crippen molar-refractivity contribution in [3.63, 3.8) is 0 Å². The molecule has 1 aromatic rings. The average molecular weight is 274 g/mol. The summed E-state index contributed by atoms with van der Waals surface area (Å²) in [5.41, 5.74) is 9.28. The van der Waals surface area contributed by atoms with Crippen molar-refractivity contribution >= 4 is 5.91 Å². The summed E-state index contributed by atoms with van der Waals surface area (Å²) >= 11 is 0. The summed E-state index contributed by atoms with van der Waals surface area (Å²) in [6, 6.07) is 6.60. The molecule has 0 radical (unpaired) electrons. The third-order valence-electron chi connectivity index (χ3n) is 4.47. The van der Waals surface area contributed by atoms with Gasteiger partial charge in [-0.2, -0.15) is 0 Å². The maximum absolute atomic E-state index is 12.1. The van der Waals surface area contributed by atoms with Crippen LogP contribution in [0.3, 0.4) is 0 Å². The van der Waals surface area contributed by atoms with Gasteiger partial charge in [-0.3, -0.25) is 4.79 Å². The van der Waals surface area contributed by atoms with Gasteiger partial charge >= 0.3 is 0 Å². The molecule has 0 aromatic heterocycles. The van der Waals surface area contributed by atoms with Crippen molar-refractivity contribution in [3.05, 3.63) is 34.9 Å². The van der Waals surface area contributed by atoms with Gasteiger partial charge in [0.05, 0.1) is 11.6 Å². The fraction of sp³-hybridized carbons (Fsp3) is 0.588. The normalized spacial score (nSPS) is 18.8. The molecular weight excluding hydrogens is 248 g/mol. The van der Waals surface area contributed by atoms with Crippen LogP contribution in [0.1, 0.15) is 62.8 Å². The van der Waals surface area contributed by atoms with Crippen molar-refractivity contribution in [1.29, 1.82) is 0 Å². The number of nitrogens with one attached hydrogen (secondary N) is 1. The van der Waals surface area contributed by atoms with E-state index in [1.54, 1.807) is 6.92 Å². The fourth-order valence-corrected chi connectivity index (χ4v) is 2.63. The Balaban J connectivity index is 2.10. The summed E-state index contributed by atoms with van der Waals surface area (Å²) in [5.74, 6) is -0.0785. The lowest BCUT2D eigenvalue weighted by molar-refractivity contribution is -0.126. The van der Waals surface area contributed by atoms with Crippen LogP contribution in [0.4, 0.5) is 0 Å². The lowest BCUT2D eigenvalue weighted by Gasteiger charge is -2.25. The highest BCUT2D eigenvalue weighted by molar-refractivity contribution is 5.85. The van der Waals surface area contributed by atoms with Crippen LogP contribution in [0.5, 0.6) is 0 Å². The third-order valence-corrected chi connectivity index (χ3v) is 4.47. The van der Waals surface area contributed by atoms with Gasteiger partial charge in [0.2, 0.25) is 5.91 Å².